The van der Waals surface area contributed by atoms with Gasteiger partial charge in [0, 0.05) is 5.69 Å². The third-order valence-electron chi connectivity index (χ3n) is 2.82. The van der Waals surface area contributed by atoms with Gasteiger partial charge >= 0.3 is 0 Å². The number of anilines is 1. The maximum atomic E-state index is 12.1. The highest BCUT2D eigenvalue weighted by Crippen LogP contribution is 2.16. The molecule has 1 aromatic rings. The largest absolute Gasteiger partial charge is 0.497 e. The Bertz CT molecular complexity index is 617. The first-order valence-electron chi connectivity index (χ1n) is 7.66. The molecule has 1 rings (SSSR count). The summed E-state index contributed by atoms with van der Waals surface area (Å²) in [6.07, 6.45) is 1.43. The first-order chi connectivity index (χ1) is 10.6. The second-order valence-corrected chi connectivity index (χ2v) is 8.10. The van der Waals surface area contributed by atoms with Crippen molar-refractivity contribution >= 4 is 21.7 Å². The van der Waals surface area contributed by atoms with Crippen LogP contribution >= 0.6 is 0 Å². The number of hydrogen-bond donors (Lipinski definition) is 2. The number of nitrogens with zero attached hydrogens (tertiary/aromatic N) is 1. The Labute approximate surface area is 139 Å². The van der Waals surface area contributed by atoms with Gasteiger partial charge < -0.3 is 10.1 Å². The molecule has 7 heteroatoms. The van der Waals surface area contributed by atoms with Crippen molar-refractivity contribution in [3.8, 4) is 5.75 Å². The molecule has 2 N–H and O–H groups in total. The number of hydrogen-bond acceptors (Lipinski definition) is 4. The van der Waals surface area contributed by atoms with Crippen molar-refractivity contribution in [2.45, 2.75) is 46.1 Å². The van der Waals surface area contributed by atoms with Crippen LogP contribution in [0.25, 0.3) is 0 Å². The van der Waals surface area contributed by atoms with Crippen LogP contribution in [0.2, 0.25) is 0 Å². The average Bonchev–Trinajstić information content (AvgIpc) is 2.43. The average molecular weight is 341 g/mol. The molecule has 0 aliphatic carbocycles. The molecule has 0 fully saturated rings. The van der Waals surface area contributed by atoms with E-state index >= 15 is 0 Å². The van der Waals surface area contributed by atoms with Crippen molar-refractivity contribution in [3.05, 3.63) is 24.3 Å². The Morgan fingerprint density at radius 2 is 1.83 bits per heavy atom. The minimum Gasteiger partial charge on any atom is -0.497 e. The summed E-state index contributed by atoms with van der Waals surface area (Å²) < 4.78 is 31.9. The molecular weight excluding hydrogens is 314 g/mol. The normalized spacial score (nSPS) is 12.8. The summed E-state index contributed by atoms with van der Waals surface area (Å²) in [5.41, 5.74) is 0.314. The van der Waals surface area contributed by atoms with Crippen molar-refractivity contribution in [1.29, 1.82) is 0 Å². The zero-order valence-electron chi connectivity index (χ0n) is 14.5. The van der Waals surface area contributed by atoms with Crippen molar-refractivity contribution < 1.29 is 13.2 Å². The maximum Gasteiger partial charge on any atom is 0.234 e. The SMILES string of the molecule is CCCCS(=O)(=O)NC(=NC(C)(C)C)Nc1ccc(OC)cc1. The highest BCUT2D eigenvalue weighted by molar-refractivity contribution is 7.90. The van der Waals surface area contributed by atoms with Crippen molar-refractivity contribution in [2.24, 2.45) is 4.99 Å². The number of guanidine groups is 1. The molecule has 0 aliphatic rings. The molecule has 0 radical (unpaired) electrons. The van der Waals surface area contributed by atoms with Gasteiger partial charge in [-0.25, -0.2) is 13.4 Å². The van der Waals surface area contributed by atoms with Crippen molar-refractivity contribution in [3.63, 3.8) is 0 Å². The van der Waals surface area contributed by atoms with Gasteiger partial charge in [0.25, 0.3) is 0 Å². The molecule has 0 aliphatic heterocycles. The predicted octanol–water partition coefficient (Wildman–Crippen LogP) is 2.98. The summed E-state index contributed by atoms with van der Waals surface area (Å²) in [6, 6.07) is 7.19. The zero-order valence-corrected chi connectivity index (χ0v) is 15.3. The molecule has 0 amide bonds. The number of sulfonamides is 1. The summed E-state index contributed by atoms with van der Waals surface area (Å²) in [5, 5.41) is 3.02. The molecular formula is C16H27N3O3S. The minimum absolute atomic E-state index is 0.0803. The standard InChI is InChI=1S/C16H27N3O3S/c1-6-7-12-23(20,21)19-15(18-16(2,3)4)17-13-8-10-14(22-5)11-9-13/h8-11H,6-7,12H2,1-5H3,(H2,17,18,19). The quantitative estimate of drug-likeness (QED) is 0.616. The van der Waals surface area contributed by atoms with Crippen molar-refractivity contribution in [1.82, 2.24) is 4.72 Å². The van der Waals surface area contributed by atoms with E-state index < -0.39 is 15.6 Å². The van der Waals surface area contributed by atoms with Crippen LogP contribution < -0.4 is 14.8 Å². The van der Waals surface area contributed by atoms with Crippen LogP contribution in [0.1, 0.15) is 40.5 Å². The first-order valence-corrected chi connectivity index (χ1v) is 9.32. The van der Waals surface area contributed by atoms with Gasteiger partial charge in [0.2, 0.25) is 16.0 Å². The highest BCUT2D eigenvalue weighted by atomic mass is 32.2. The van der Waals surface area contributed by atoms with Gasteiger partial charge in [-0.2, -0.15) is 0 Å². The molecule has 0 spiro atoms. The molecule has 1 aromatic carbocycles. The fourth-order valence-electron chi connectivity index (χ4n) is 1.76. The van der Waals surface area contributed by atoms with E-state index in [9.17, 15) is 8.42 Å². The molecule has 0 heterocycles. The molecule has 0 aromatic heterocycles. The summed E-state index contributed by atoms with van der Waals surface area (Å²) >= 11 is 0. The van der Waals surface area contributed by atoms with Crippen LogP contribution in [0.5, 0.6) is 5.75 Å². The zero-order chi connectivity index (χ0) is 17.5. The Morgan fingerprint density at radius 3 is 2.30 bits per heavy atom. The summed E-state index contributed by atoms with van der Waals surface area (Å²) in [6.45, 7) is 7.67. The van der Waals surface area contributed by atoms with E-state index in [0.29, 0.717) is 6.42 Å². The van der Waals surface area contributed by atoms with E-state index in [2.05, 4.69) is 15.0 Å². The molecule has 6 nitrogen and oxygen atoms in total. The Kier molecular flexibility index (Phi) is 6.87. The maximum absolute atomic E-state index is 12.1. The van der Waals surface area contributed by atoms with Crippen LogP contribution in [-0.2, 0) is 10.0 Å². The lowest BCUT2D eigenvalue weighted by molar-refractivity contribution is 0.415. The summed E-state index contributed by atoms with van der Waals surface area (Å²) in [5.74, 6) is 1.03. The Morgan fingerprint density at radius 1 is 1.22 bits per heavy atom. The molecule has 0 bridgehead atoms. The lowest BCUT2D eigenvalue weighted by Crippen LogP contribution is -2.39. The summed E-state index contributed by atoms with van der Waals surface area (Å²) in [7, 11) is -1.82. The smallest absolute Gasteiger partial charge is 0.234 e. The summed E-state index contributed by atoms with van der Waals surface area (Å²) in [4.78, 5) is 4.42. The number of rotatable bonds is 6. The topological polar surface area (TPSA) is 79.8 Å². The van der Waals surface area contributed by atoms with Crippen molar-refractivity contribution in [2.75, 3.05) is 18.2 Å². The number of ether oxygens (including phenoxy) is 1. The van der Waals surface area contributed by atoms with Gasteiger partial charge in [-0.15, -0.1) is 0 Å². The minimum atomic E-state index is -3.42. The molecule has 23 heavy (non-hydrogen) atoms. The van der Waals surface area contributed by atoms with Gasteiger partial charge in [-0.3, -0.25) is 4.72 Å². The molecule has 0 unspecified atom stereocenters. The van der Waals surface area contributed by atoms with Gasteiger partial charge in [-0.1, -0.05) is 13.3 Å². The van der Waals surface area contributed by atoms with Gasteiger partial charge in [0.1, 0.15) is 5.75 Å². The number of unbranched alkanes of at least 4 members (excludes halogenated alkanes) is 1. The second kappa shape index (κ2) is 8.19. The van der Waals surface area contributed by atoms with Crippen LogP contribution in [0.15, 0.2) is 29.3 Å². The number of methoxy groups -OCH3 is 1. The van der Waals surface area contributed by atoms with E-state index in [-0.39, 0.29) is 11.7 Å². The van der Waals surface area contributed by atoms with Gasteiger partial charge in [-0.05, 0) is 51.5 Å². The second-order valence-electron chi connectivity index (χ2n) is 6.26. The Hall–Kier alpha value is -1.76. The van der Waals surface area contributed by atoms with E-state index in [1.165, 1.54) is 0 Å². The fourth-order valence-corrected chi connectivity index (χ4v) is 2.92. The van der Waals surface area contributed by atoms with E-state index in [4.69, 9.17) is 4.74 Å². The van der Waals surface area contributed by atoms with Crippen LogP contribution in [0.3, 0.4) is 0 Å². The number of nitrogens with one attached hydrogen (secondary N) is 2. The highest BCUT2D eigenvalue weighted by Gasteiger charge is 2.16. The molecule has 0 saturated carbocycles. The van der Waals surface area contributed by atoms with Gasteiger partial charge in [0.05, 0.1) is 18.4 Å². The van der Waals surface area contributed by atoms with E-state index in [0.717, 1.165) is 17.9 Å². The van der Waals surface area contributed by atoms with Crippen LogP contribution in [0, 0.1) is 0 Å². The number of aliphatic imine (C=N–C) groups is 1. The third kappa shape index (κ3) is 7.88. The van der Waals surface area contributed by atoms with Crippen LogP contribution in [0.4, 0.5) is 5.69 Å². The first kappa shape index (κ1) is 19.3. The van der Waals surface area contributed by atoms with Gasteiger partial charge in [0.15, 0.2) is 0 Å². The lowest BCUT2D eigenvalue weighted by atomic mass is 10.1. The van der Waals surface area contributed by atoms with Crippen LogP contribution in [-0.4, -0.2) is 32.8 Å². The molecule has 0 atom stereocenters. The lowest BCUT2D eigenvalue weighted by Gasteiger charge is -2.18. The van der Waals surface area contributed by atoms with E-state index in [1.54, 1.807) is 31.4 Å². The third-order valence-corrected chi connectivity index (χ3v) is 4.15. The molecule has 0 saturated heterocycles. The predicted molar refractivity (Wildman–Crippen MR) is 95.6 cm³/mol. The monoisotopic (exact) mass is 341 g/mol. The Balaban J connectivity index is 2.95. The fraction of sp³-hybridized carbons (Fsp3) is 0.562. The number of benzene rings is 1. The van der Waals surface area contributed by atoms with E-state index in [1.807, 2.05) is 27.7 Å². The molecule has 130 valence electrons.